The van der Waals surface area contributed by atoms with Crippen molar-refractivity contribution in [2.24, 2.45) is 11.8 Å². The van der Waals surface area contributed by atoms with Crippen LogP contribution in [0.1, 0.15) is 81.0 Å². The first-order chi connectivity index (χ1) is 19.4. The average molecular weight is 664 g/mol. The van der Waals surface area contributed by atoms with Gasteiger partial charge in [0.25, 0.3) is 11.9 Å². The number of carbonyl (C=O) groups excluding carboxylic acids is 3. The van der Waals surface area contributed by atoms with Gasteiger partial charge in [0.05, 0.1) is 23.7 Å². The molecule has 2 amide bonds. The summed E-state index contributed by atoms with van der Waals surface area (Å²) >= 11 is 6.30. The first-order valence-corrected chi connectivity index (χ1v) is 15.4. The van der Waals surface area contributed by atoms with E-state index in [1.807, 2.05) is 4.90 Å². The van der Waals surface area contributed by atoms with E-state index in [0.717, 1.165) is 64.7 Å². The van der Waals surface area contributed by atoms with Gasteiger partial charge < -0.3 is 25.9 Å². The van der Waals surface area contributed by atoms with Gasteiger partial charge in [-0.1, -0.05) is 30.9 Å². The minimum absolute atomic E-state index is 0. The number of likely N-dealkylation sites (tertiary alicyclic amines) is 2. The summed E-state index contributed by atoms with van der Waals surface area (Å²) in [5.74, 6) is 1.13. The molecule has 1 aliphatic carbocycles. The zero-order valence-corrected chi connectivity index (χ0v) is 28.0. The largest absolute Gasteiger partial charge is 0.561 e. The Balaban J connectivity index is 0.00000462. The maximum Gasteiger partial charge on any atom is 0.292 e. The molecule has 0 unspecified atom stereocenters. The number of amides is 2. The van der Waals surface area contributed by atoms with E-state index in [1.54, 1.807) is 18.2 Å². The number of carbonyl (C=O) groups is 3. The molecule has 225 valence electrons. The number of hydrogen-bond acceptors (Lipinski definition) is 6. The summed E-state index contributed by atoms with van der Waals surface area (Å²) in [6, 6.07) is 5.62. The molecule has 0 atom stereocenters. The van der Waals surface area contributed by atoms with Crippen LogP contribution in [0.5, 0.6) is 0 Å². The third-order valence-corrected chi connectivity index (χ3v) is 8.99. The van der Waals surface area contributed by atoms with Crippen LogP contribution in [-0.4, -0.2) is 79.9 Å². The van der Waals surface area contributed by atoms with Crippen molar-refractivity contribution in [3.8, 4) is 0 Å². The van der Waals surface area contributed by atoms with Gasteiger partial charge >= 0.3 is 0 Å². The van der Waals surface area contributed by atoms with E-state index in [2.05, 4.69) is 25.9 Å². The normalized spacial score (nSPS) is 19.3. The molecule has 2 aliphatic heterocycles. The van der Waals surface area contributed by atoms with Crippen LogP contribution < -0.4 is 10.6 Å². The molecule has 3 fully saturated rings. The Labute approximate surface area is 275 Å². The Hall–Kier alpha value is -1.26. The van der Waals surface area contributed by atoms with Crippen LogP contribution in [-0.2, 0) is 47.1 Å². The van der Waals surface area contributed by atoms with Gasteiger partial charge in [-0.15, -0.1) is 7.05 Å². The fraction of sp³-hybridized carbons (Fsp3) is 0.700. The first kappa shape index (κ1) is 34.2. The number of hydrogen-bond donors (Lipinski definition) is 2. The maximum atomic E-state index is 13.2. The van der Waals surface area contributed by atoms with Crippen LogP contribution in [0.3, 0.4) is 0 Å². The van der Waals surface area contributed by atoms with Crippen molar-refractivity contribution >= 4 is 35.1 Å². The average Bonchev–Trinajstić information content (AvgIpc) is 2.96. The van der Waals surface area contributed by atoms with Crippen LogP contribution in [0.4, 0.5) is 5.69 Å². The molecule has 0 aromatic heterocycles. The smallest absolute Gasteiger partial charge is 0.292 e. The maximum absolute atomic E-state index is 13.2. The molecule has 1 saturated carbocycles. The molecule has 11 heteroatoms. The molecule has 4 rings (SSSR count). The summed E-state index contributed by atoms with van der Waals surface area (Å²) in [6.45, 7) is 4.41. The van der Waals surface area contributed by atoms with Gasteiger partial charge in [-0.3, -0.25) is 19.3 Å². The molecule has 3 aliphatic rings. The topological polar surface area (TPSA) is 105 Å². The predicted octanol–water partition coefficient (Wildman–Crippen LogP) is 5.00. The second-order valence-electron chi connectivity index (χ2n) is 11.6. The number of hydroxylamine groups is 1. The summed E-state index contributed by atoms with van der Waals surface area (Å²) in [7, 11) is 1.41. The van der Waals surface area contributed by atoms with E-state index < -0.39 is 5.97 Å². The fourth-order valence-corrected chi connectivity index (χ4v) is 6.55. The summed E-state index contributed by atoms with van der Waals surface area (Å²) in [4.78, 5) is 46.0. The molecule has 1 aromatic carbocycles. The number of benzene rings is 1. The van der Waals surface area contributed by atoms with Crippen molar-refractivity contribution in [1.29, 1.82) is 0 Å². The third kappa shape index (κ3) is 11.1. The van der Waals surface area contributed by atoms with Crippen molar-refractivity contribution in [1.82, 2.24) is 15.1 Å². The second-order valence-corrected chi connectivity index (χ2v) is 12.0. The number of anilines is 1. The molecule has 2 heterocycles. The van der Waals surface area contributed by atoms with E-state index in [0.29, 0.717) is 47.2 Å². The van der Waals surface area contributed by atoms with Gasteiger partial charge in [0, 0.05) is 63.9 Å². The molecular weight excluding hydrogens is 619 g/mol. The third-order valence-electron chi connectivity index (χ3n) is 8.66. The van der Waals surface area contributed by atoms with Gasteiger partial charge in [-0.05, 0) is 88.1 Å². The number of piperidine rings is 2. The van der Waals surface area contributed by atoms with Crippen molar-refractivity contribution in [2.45, 2.75) is 76.7 Å². The number of rotatable bonds is 11. The summed E-state index contributed by atoms with van der Waals surface area (Å²) in [5, 5.41) is 6.86. The van der Waals surface area contributed by atoms with E-state index >= 15 is 0 Å². The van der Waals surface area contributed by atoms with Gasteiger partial charge in [0.15, 0.2) is 0 Å². The molecule has 9 nitrogen and oxygen atoms in total. The van der Waals surface area contributed by atoms with E-state index in [1.165, 1.54) is 32.7 Å². The minimum atomic E-state index is -0.427. The van der Waals surface area contributed by atoms with E-state index in [9.17, 15) is 14.4 Å². The Kier molecular flexibility index (Phi) is 14.8. The van der Waals surface area contributed by atoms with Gasteiger partial charge in [-0.2, -0.15) is 0 Å². The minimum Gasteiger partial charge on any atom is -0.561 e. The van der Waals surface area contributed by atoms with Gasteiger partial charge in [0.2, 0.25) is 5.91 Å². The van der Waals surface area contributed by atoms with Crippen LogP contribution >= 0.6 is 11.6 Å². The molecule has 41 heavy (non-hydrogen) atoms. The number of halogens is 1. The standard InChI is InChI=1S/C30H45ClN5O4.Y/c1-32-40-29(38)9-14-33-27-20-24(7-8-26(27)31)30(39)36-17-12-23(13-18-36)19-22-10-15-35(16-11-22)21-28(37)34-25-5-3-2-4-6-25;/h7-8,20,22-23,25,33H,2-6,9-19,21H2,1H3,(H,34,37);/q-1;. The molecule has 2 saturated heterocycles. The molecule has 1 radical (unpaired) electrons. The predicted molar refractivity (Wildman–Crippen MR) is 157 cm³/mol. The first-order valence-electron chi connectivity index (χ1n) is 15.0. The SMILES string of the molecule is C[N-]OC(=O)CCNc1cc(C(=O)N2CCC(CC3CCN(CC(=O)NC4CCCCC4)CC3)CC2)ccc1Cl.[Y]. The summed E-state index contributed by atoms with van der Waals surface area (Å²) < 4.78 is 0. The van der Waals surface area contributed by atoms with Crippen LogP contribution in [0, 0.1) is 11.8 Å². The van der Waals surface area contributed by atoms with E-state index in [-0.39, 0.29) is 50.9 Å². The Bertz CT molecular complexity index is 993. The molecule has 1 aromatic rings. The summed E-state index contributed by atoms with van der Waals surface area (Å²) in [6.07, 6.45) is 11.8. The Morgan fingerprint density at radius 2 is 1.63 bits per heavy atom. The van der Waals surface area contributed by atoms with Crippen LogP contribution in [0.2, 0.25) is 5.02 Å². The molecule has 0 spiro atoms. The van der Waals surface area contributed by atoms with Crippen molar-refractivity contribution < 1.29 is 51.9 Å². The number of nitrogens with one attached hydrogen (secondary N) is 2. The zero-order chi connectivity index (χ0) is 28.3. The Morgan fingerprint density at radius 3 is 2.29 bits per heavy atom. The van der Waals surface area contributed by atoms with Crippen LogP contribution in [0.25, 0.3) is 5.48 Å². The van der Waals surface area contributed by atoms with Gasteiger partial charge in [-0.25, -0.2) is 0 Å². The molecule has 2 N–H and O–H groups in total. The van der Waals surface area contributed by atoms with E-state index in [4.69, 9.17) is 11.6 Å². The quantitative estimate of drug-likeness (QED) is 0.323. The van der Waals surface area contributed by atoms with Crippen molar-refractivity contribution in [3.63, 3.8) is 0 Å². The Morgan fingerprint density at radius 1 is 0.976 bits per heavy atom. The number of nitrogens with zero attached hydrogens (tertiary/aromatic N) is 3. The zero-order valence-electron chi connectivity index (χ0n) is 24.4. The summed E-state index contributed by atoms with van der Waals surface area (Å²) in [5.41, 5.74) is 4.59. The van der Waals surface area contributed by atoms with Gasteiger partial charge in [0.1, 0.15) is 0 Å². The fourth-order valence-electron chi connectivity index (χ4n) is 6.37. The molecule has 0 bridgehead atoms. The van der Waals surface area contributed by atoms with Crippen LogP contribution in [0.15, 0.2) is 18.2 Å². The second kappa shape index (κ2) is 17.8. The van der Waals surface area contributed by atoms with Crippen molar-refractivity contribution in [3.05, 3.63) is 34.3 Å². The van der Waals surface area contributed by atoms with Crippen molar-refractivity contribution in [2.75, 3.05) is 51.6 Å². The molecular formula is C30H45ClN5O4Y-. The monoisotopic (exact) mass is 663 g/mol.